The number of ether oxygens (including phenoxy) is 2. The van der Waals surface area contributed by atoms with Crippen LogP contribution in [0.25, 0.3) is 21.9 Å². The predicted molar refractivity (Wildman–Crippen MR) is 103 cm³/mol. The van der Waals surface area contributed by atoms with E-state index >= 15 is 0 Å². The number of aliphatic hydroxyl groups is 1. The monoisotopic (exact) mass is 386 g/mol. The highest BCUT2D eigenvalue weighted by molar-refractivity contribution is 5.99. The maximum atomic E-state index is 12.0. The summed E-state index contributed by atoms with van der Waals surface area (Å²) in [5.41, 5.74) is -0.667. The van der Waals surface area contributed by atoms with Crippen molar-refractivity contribution in [2.24, 2.45) is 0 Å². The molecule has 2 aromatic heterocycles. The molecule has 3 rings (SSSR count). The van der Waals surface area contributed by atoms with Crippen LogP contribution in [-0.2, 0) is 9.53 Å². The maximum Gasteiger partial charge on any atom is 0.336 e. The lowest BCUT2D eigenvalue weighted by Gasteiger charge is -2.30. The van der Waals surface area contributed by atoms with Gasteiger partial charge in [-0.25, -0.2) is 9.59 Å². The lowest BCUT2D eigenvalue weighted by Crippen LogP contribution is -2.44. The first-order chi connectivity index (χ1) is 13.2. The van der Waals surface area contributed by atoms with Crippen molar-refractivity contribution in [2.45, 2.75) is 39.4 Å². The molecule has 0 spiro atoms. The van der Waals surface area contributed by atoms with E-state index < -0.39 is 23.3 Å². The largest absolute Gasteiger partial charge is 0.483 e. The highest BCUT2D eigenvalue weighted by Gasteiger charge is 2.33. The van der Waals surface area contributed by atoms with Crippen LogP contribution in [-0.4, -0.2) is 29.4 Å². The summed E-state index contributed by atoms with van der Waals surface area (Å²) in [5.74, 6) is -0.308. The van der Waals surface area contributed by atoms with Crippen molar-refractivity contribution in [1.29, 1.82) is 0 Å². The van der Waals surface area contributed by atoms with Gasteiger partial charge >= 0.3 is 11.6 Å². The van der Waals surface area contributed by atoms with Crippen LogP contribution < -0.4 is 10.4 Å². The van der Waals surface area contributed by atoms with Crippen molar-refractivity contribution in [1.82, 2.24) is 0 Å². The summed E-state index contributed by atoms with van der Waals surface area (Å²) in [5, 5.41) is 12.0. The lowest BCUT2D eigenvalue weighted by atomic mass is 10.0. The van der Waals surface area contributed by atoms with Crippen LogP contribution in [0.2, 0.25) is 0 Å². The zero-order chi connectivity index (χ0) is 20.5. The van der Waals surface area contributed by atoms with E-state index in [2.05, 4.69) is 0 Å². The van der Waals surface area contributed by atoms with Gasteiger partial charge < -0.3 is 23.4 Å². The maximum absolute atomic E-state index is 12.0. The molecule has 0 saturated carbocycles. The highest BCUT2D eigenvalue weighted by Crippen LogP contribution is 2.35. The number of aliphatic hydroxyl groups excluding tert-OH is 1. The lowest BCUT2D eigenvalue weighted by molar-refractivity contribution is -0.164. The second-order valence-electron chi connectivity index (χ2n) is 7.01. The summed E-state index contributed by atoms with van der Waals surface area (Å²) < 4.78 is 21.9. The molecule has 1 atom stereocenters. The first kappa shape index (κ1) is 19.7. The molecule has 0 aliphatic carbocycles. The third-order valence-electron chi connectivity index (χ3n) is 4.58. The van der Waals surface area contributed by atoms with Gasteiger partial charge in [-0.05, 0) is 45.9 Å². The zero-order valence-electron chi connectivity index (χ0n) is 16.1. The number of hydrogen-bond acceptors (Lipinski definition) is 7. The smallest absolute Gasteiger partial charge is 0.336 e. The first-order valence-electron chi connectivity index (χ1n) is 8.84. The van der Waals surface area contributed by atoms with Gasteiger partial charge in [-0.2, -0.15) is 0 Å². The Bertz CT molecular complexity index is 1100. The van der Waals surface area contributed by atoms with Crippen molar-refractivity contribution >= 4 is 27.9 Å². The van der Waals surface area contributed by atoms with E-state index in [1.807, 2.05) is 6.07 Å². The van der Waals surface area contributed by atoms with Gasteiger partial charge in [0, 0.05) is 22.4 Å². The van der Waals surface area contributed by atoms with Gasteiger partial charge in [-0.3, -0.25) is 0 Å². The van der Waals surface area contributed by atoms with E-state index in [0.717, 1.165) is 5.39 Å². The Kier molecular flexibility index (Phi) is 5.29. The van der Waals surface area contributed by atoms with E-state index in [9.17, 15) is 14.7 Å². The molecule has 28 heavy (non-hydrogen) atoms. The Labute approximate surface area is 161 Å². The van der Waals surface area contributed by atoms with Gasteiger partial charge in [0.15, 0.2) is 11.2 Å². The molecule has 7 nitrogen and oxygen atoms in total. The van der Waals surface area contributed by atoms with Crippen LogP contribution in [0.1, 0.15) is 27.7 Å². The fourth-order valence-corrected chi connectivity index (χ4v) is 2.61. The average molecular weight is 386 g/mol. The van der Waals surface area contributed by atoms with Gasteiger partial charge in [0.05, 0.1) is 6.26 Å². The van der Waals surface area contributed by atoms with Crippen LogP contribution in [0.5, 0.6) is 5.75 Å². The number of hydrogen-bond donors (Lipinski definition) is 1. The standard InChI is InChI=1S/C21H22O7/c1-5-12(2)20(24)28-21(3,4)15(22)11-26-19-17-14(8-9-25-17)10-13-6-7-16(23)27-18(13)19/h5-10,15,22H,11H2,1-4H3/b12-5-/t15-/m0/s1. The van der Waals surface area contributed by atoms with Crippen molar-refractivity contribution in [3.05, 3.63) is 52.6 Å². The van der Waals surface area contributed by atoms with Gasteiger partial charge in [0.2, 0.25) is 5.75 Å². The molecule has 0 aliphatic rings. The molecular weight excluding hydrogens is 364 g/mol. The Hall–Kier alpha value is -3.06. The molecule has 0 bridgehead atoms. The van der Waals surface area contributed by atoms with Crippen LogP contribution >= 0.6 is 0 Å². The van der Waals surface area contributed by atoms with E-state index in [-0.39, 0.29) is 17.9 Å². The minimum atomic E-state index is -1.20. The quantitative estimate of drug-likeness (QED) is 0.393. The van der Waals surface area contributed by atoms with Gasteiger partial charge in [0.25, 0.3) is 0 Å². The average Bonchev–Trinajstić information content (AvgIpc) is 3.12. The normalized spacial score (nSPS) is 13.7. The fraction of sp³-hybridized carbons (Fsp3) is 0.333. The molecule has 2 heterocycles. The number of allylic oxidation sites excluding steroid dienone is 1. The molecule has 1 N–H and O–H groups in total. The van der Waals surface area contributed by atoms with Crippen LogP contribution in [0.15, 0.2) is 55.8 Å². The second-order valence-corrected chi connectivity index (χ2v) is 7.01. The van der Waals surface area contributed by atoms with E-state index in [4.69, 9.17) is 18.3 Å². The topological polar surface area (TPSA) is 99.1 Å². The summed E-state index contributed by atoms with van der Waals surface area (Å²) in [4.78, 5) is 23.7. The number of carbonyl (C=O) groups is 1. The summed E-state index contributed by atoms with van der Waals surface area (Å²) >= 11 is 0. The number of rotatable bonds is 6. The minimum absolute atomic E-state index is 0.206. The van der Waals surface area contributed by atoms with E-state index in [1.165, 1.54) is 12.3 Å². The van der Waals surface area contributed by atoms with Gasteiger partial charge in [-0.15, -0.1) is 0 Å². The number of furan rings is 1. The molecule has 0 saturated heterocycles. The Morgan fingerprint density at radius 2 is 1.96 bits per heavy atom. The second kappa shape index (κ2) is 7.52. The van der Waals surface area contributed by atoms with Crippen molar-refractivity contribution in [3.63, 3.8) is 0 Å². The highest BCUT2D eigenvalue weighted by atomic mass is 16.6. The van der Waals surface area contributed by atoms with Crippen LogP contribution in [0.3, 0.4) is 0 Å². The minimum Gasteiger partial charge on any atom is -0.483 e. The van der Waals surface area contributed by atoms with Crippen LogP contribution in [0.4, 0.5) is 0 Å². The molecule has 3 aromatic rings. The number of esters is 1. The van der Waals surface area contributed by atoms with Crippen molar-refractivity contribution in [3.8, 4) is 5.75 Å². The SMILES string of the molecule is C/C=C(/C)C(=O)OC(C)(C)[C@@H](O)COc1c2occc2cc2ccc(=O)oc12. The molecule has 0 radical (unpaired) electrons. The van der Waals surface area contributed by atoms with Gasteiger partial charge in [-0.1, -0.05) is 6.08 Å². The van der Waals surface area contributed by atoms with Gasteiger partial charge in [0.1, 0.15) is 18.3 Å². The molecule has 7 heteroatoms. The number of benzene rings is 1. The molecule has 0 unspecified atom stereocenters. The molecule has 148 valence electrons. The summed E-state index contributed by atoms with van der Waals surface area (Å²) in [6, 6.07) is 6.52. The first-order valence-corrected chi connectivity index (χ1v) is 8.84. The molecular formula is C21H22O7. The Balaban J connectivity index is 1.88. The fourth-order valence-electron chi connectivity index (χ4n) is 2.61. The van der Waals surface area contributed by atoms with E-state index in [0.29, 0.717) is 16.5 Å². The third kappa shape index (κ3) is 3.80. The van der Waals surface area contributed by atoms with Crippen molar-refractivity contribution in [2.75, 3.05) is 6.61 Å². The molecule has 0 aliphatic heterocycles. The summed E-state index contributed by atoms with van der Waals surface area (Å²) in [7, 11) is 0. The van der Waals surface area contributed by atoms with Crippen molar-refractivity contribution < 1.29 is 28.2 Å². The molecule has 0 amide bonds. The van der Waals surface area contributed by atoms with E-state index in [1.54, 1.807) is 45.9 Å². The number of fused-ring (bicyclic) bond motifs is 2. The molecule has 1 aromatic carbocycles. The molecule has 0 fully saturated rings. The Morgan fingerprint density at radius 3 is 2.68 bits per heavy atom. The zero-order valence-corrected chi connectivity index (χ0v) is 16.1. The van der Waals surface area contributed by atoms with Crippen LogP contribution in [0, 0.1) is 0 Å². The third-order valence-corrected chi connectivity index (χ3v) is 4.58. The summed E-state index contributed by atoms with van der Waals surface area (Å²) in [6.45, 7) is 6.34. The number of carbonyl (C=O) groups excluding carboxylic acids is 1. The predicted octanol–water partition coefficient (Wildman–Crippen LogP) is 3.57. The Morgan fingerprint density at radius 1 is 1.25 bits per heavy atom. The summed E-state index contributed by atoms with van der Waals surface area (Å²) in [6.07, 6.45) is 1.99.